The molecular weight excluding hydrogens is 432 g/mol. The maximum atomic E-state index is 13.8. The van der Waals surface area contributed by atoms with Crippen molar-refractivity contribution in [1.82, 2.24) is 14.9 Å². The molecule has 1 aliphatic carbocycles. The van der Waals surface area contributed by atoms with E-state index in [-0.39, 0.29) is 29.3 Å². The van der Waals surface area contributed by atoms with Crippen LogP contribution in [-0.4, -0.2) is 40.8 Å². The number of carbonyl (C=O) groups is 2. The lowest BCUT2D eigenvalue weighted by Gasteiger charge is -2.30. The number of benzene rings is 1. The van der Waals surface area contributed by atoms with Gasteiger partial charge in [-0.1, -0.05) is 5.92 Å². The summed E-state index contributed by atoms with van der Waals surface area (Å²) < 4.78 is 27.2. The number of hydrogen-bond acceptors (Lipinski definition) is 7. The van der Waals surface area contributed by atoms with Crippen LogP contribution in [0.25, 0.3) is 0 Å². The largest absolute Gasteiger partial charge is 0.397 e. The summed E-state index contributed by atoms with van der Waals surface area (Å²) in [5.74, 6) is 6.63. The predicted octanol–water partition coefficient (Wildman–Crippen LogP) is 2.52. The number of halogens is 2. The SMILES string of the molecule is C#CCN(C(=O)N(C)c1cncc(C2CC2)n1)/C(C)=C(\C=O)N(N)c1cc(F)c(F)cc1N. The van der Waals surface area contributed by atoms with Gasteiger partial charge in [0.25, 0.3) is 0 Å². The Balaban J connectivity index is 1.96. The van der Waals surface area contributed by atoms with Crippen LogP contribution < -0.4 is 21.5 Å². The smallest absolute Gasteiger partial charge is 0.330 e. The first kappa shape index (κ1) is 23.6. The molecule has 0 radical (unpaired) electrons. The molecule has 33 heavy (non-hydrogen) atoms. The number of nitrogens with zero attached hydrogens (tertiary/aromatic N) is 5. The van der Waals surface area contributed by atoms with Crippen molar-refractivity contribution in [2.75, 3.05) is 29.2 Å². The van der Waals surface area contributed by atoms with Crippen molar-refractivity contribution in [3.8, 4) is 12.3 Å². The Morgan fingerprint density at radius 3 is 2.58 bits per heavy atom. The molecule has 9 nitrogen and oxygen atoms in total. The second-order valence-electron chi connectivity index (χ2n) is 7.49. The summed E-state index contributed by atoms with van der Waals surface area (Å²) in [7, 11) is 1.49. The fourth-order valence-electron chi connectivity index (χ4n) is 3.15. The first-order valence-electron chi connectivity index (χ1n) is 9.95. The van der Waals surface area contributed by atoms with Crippen molar-refractivity contribution in [2.24, 2.45) is 5.84 Å². The summed E-state index contributed by atoms with van der Waals surface area (Å²) in [5.41, 5.74) is 5.99. The van der Waals surface area contributed by atoms with Gasteiger partial charge in [0.2, 0.25) is 0 Å². The van der Waals surface area contributed by atoms with Gasteiger partial charge in [-0.05, 0) is 19.8 Å². The van der Waals surface area contributed by atoms with Crippen LogP contribution in [0, 0.1) is 24.0 Å². The minimum Gasteiger partial charge on any atom is -0.397 e. The van der Waals surface area contributed by atoms with E-state index in [1.807, 2.05) is 0 Å². The van der Waals surface area contributed by atoms with E-state index >= 15 is 0 Å². The molecule has 2 aromatic rings. The predicted molar refractivity (Wildman–Crippen MR) is 120 cm³/mol. The van der Waals surface area contributed by atoms with Crippen LogP contribution in [0.2, 0.25) is 0 Å². The van der Waals surface area contributed by atoms with Crippen LogP contribution in [0.1, 0.15) is 31.4 Å². The molecule has 0 spiro atoms. The number of anilines is 3. The molecule has 4 N–H and O–H groups in total. The van der Waals surface area contributed by atoms with Crippen molar-refractivity contribution in [1.29, 1.82) is 0 Å². The lowest BCUT2D eigenvalue weighted by atomic mass is 10.2. The quantitative estimate of drug-likeness (QED) is 0.164. The van der Waals surface area contributed by atoms with Crippen molar-refractivity contribution in [2.45, 2.75) is 25.7 Å². The second kappa shape index (κ2) is 9.62. The summed E-state index contributed by atoms with van der Waals surface area (Å²) in [6, 6.07) is 0.893. The minimum absolute atomic E-state index is 0.0674. The molecule has 2 amide bonds. The van der Waals surface area contributed by atoms with Crippen molar-refractivity contribution < 1.29 is 18.4 Å². The lowest BCUT2D eigenvalue weighted by molar-refractivity contribution is -0.105. The van der Waals surface area contributed by atoms with Crippen LogP contribution in [0.3, 0.4) is 0 Å². The highest BCUT2D eigenvalue weighted by Gasteiger charge is 2.28. The summed E-state index contributed by atoms with van der Waals surface area (Å²) in [6.45, 7) is 1.23. The average molecular weight is 455 g/mol. The van der Waals surface area contributed by atoms with E-state index < -0.39 is 17.7 Å². The number of hydrazine groups is 1. The zero-order chi connectivity index (χ0) is 24.3. The maximum absolute atomic E-state index is 13.8. The van der Waals surface area contributed by atoms with Crippen LogP contribution >= 0.6 is 0 Å². The fraction of sp³-hybridized carbons (Fsp3) is 0.273. The van der Waals surface area contributed by atoms with Crippen LogP contribution in [0.5, 0.6) is 0 Å². The van der Waals surface area contributed by atoms with Crippen molar-refractivity contribution in [3.05, 3.63) is 53.2 Å². The van der Waals surface area contributed by atoms with Gasteiger partial charge in [0.05, 0.1) is 29.8 Å². The Morgan fingerprint density at radius 2 is 1.97 bits per heavy atom. The molecule has 1 saturated carbocycles. The highest BCUT2D eigenvalue weighted by Crippen LogP contribution is 2.39. The number of allylic oxidation sites excluding steroid dienone is 2. The van der Waals surface area contributed by atoms with E-state index in [1.54, 1.807) is 6.20 Å². The number of urea groups is 1. The molecule has 1 aliphatic rings. The van der Waals surface area contributed by atoms with Crippen LogP contribution in [-0.2, 0) is 4.79 Å². The van der Waals surface area contributed by atoms with Crippen molar-refractivity contribution in [3.63, 3.8) is 0 Å². The topological polar surface area (TPSA) is 122 Å². The summed E-state index contributed by atoms with van der Waals surface area (Å²) in [5, 5.41) is 0.768. The van der Waals surface area contributed by atoms with E-state index in [1.165, 1.54) is 25.1 Å². The van der Waals surface area contributed by atoms with Gasteiger partial charge >= 0.3 is 6.03 Å². The van der Waals surface area contributed by atoms with Gasteiger partial charge in [-0.25, -0.2) is 24.4 Å². The molecule has 1 heterocycles. The average Bonchev–Trinajstić information content (AvgIpc) is 3.65. The third-order valence-corrected chi connectivity index (χ3v) is 5.22. The number of hydrogen-bond donors (Lipinski definition) is 2. The monoisotopic (exact) mass is 455 g/mol. The van der Waals surface area contributed by atoms with Gasteiger partial charge in [0, 0.05) is 37.0 Å². The number of aldehydes is 1. The van der Waals surface area contributed by atoms with Gasteiger partial charge in [-0.2, -0.15) is 0 Å². The molecular formula is C22H23F2N7O2. The summed E-state index contributed by atoms with van der Waals surface area (Å²) in [6.07, 6.45) is 10.9. The number of terminal acetylenes is 1. The Kier molecular flexibility index (Phi) is 6.89. The normalized spacial score (nSPS) is 13.6. The molecule has 172 valence electrons. The molecule has 0 saturated heterocycles. The molecule has 1 aromatic carbocycles. The second-order valence-corrected chi connectivity index (χ2v) is 7.49. The zero-order valence-corrected chi connectivity index (χ0v) is 18.1. The first-order chi connectivity index (χ1) is 15.7. The van der Waals surface area contributed by atoms with E-state index in [0.717, 1.165) is 40.6 Å². The molecule has 0 bridgehead atoms. The molecule has 0 unspecified atom stereocenters. The number of carbonyl (C=O) groups excluding carboxylic acids is 2. The van der Waals surface area contributed by atoms with Gasteiger partial charge in [0.1, 0.15) is 5.70 Å². The van der Waals surface area contributed by atoms with E-state index in [0.29, 0.717) is 18.0 Å². The highest BCUT2D eigenvalue weighted by atomic mass is 19.2. The summed E-state index contributed by atoms with van der Waals surface area (Å²) in [4.78, 5) is 36.2. The van der Waals surface area contributed by atoms with Crippen molar-refractivity contribution >= 4 is 29.5 Å². The molecule has 1 aromatic heterocycles. The van der Waals surface area contributed by atoms with E-state index in [4.69, 9.17) is 18.0 Å². The zero-order valence-electron chi connectivity index (χ0n) is 18.1. The highest BCUT2D eigenvalue weighted by molar-refractivity contribution is 5.93. The molecule has 11 heteroatoms. The third kappa shape index (κ3) is 4.91. The summed E-state index contributed by atoms with van der Waals surface area (Å²) >= 11 is 0. The number of aromatic nitrogens is 2. The van der Waals surface area contributed by atoms with Crippen LogP contribution in [0.4, 0.5) is 30.8 Å². The standard InChI is InChI=1S/C22H23F2N7O2/c1-4-7-30(22(33)29(3)21-11-27-10-18(28-21)14-5-6-14)13(2)20(12-32)31(26)19-9-16(24)15(23)8-17(19)25/h1,8-12,14H,5-7,25-26H2,2-3H3/b20-13+. The minimum atomic E-state index is -1.21. The Morgan fingerprint density at radius 1 is 1.30 bits per heavy atom. The first-order valence-corrected chi connectivity index (χ1v) is 9.95. The molecule has 3 rings (SSSR count). The maximum Gasteiger partial charge on any atom is 0.330 e. The fourth-order valence-corrected chi connectivity index (χ4v) is 3.15. The molecule has 0 atom stereocenters. The van der Waals surface area contributed by atoms with Gasteiger partial charge in [-0.15, -0.1) is 6.42 Å². The Hall–Kier alpha value is -4.04. The molecule has 1 fully saturated rings. The third-order valence-electron chi connectivity index (χ3n) is 5.22. The number of nitrogens with two attached hydrogens (primary N) is 2. The van der Waals surface area contributed by atoms with Gasteiger partial charge in [0.15, 0.2) is 23.7 Å². The van der Waals surface area contributed by atoms with Crippen LogP contribution in [0.15, 0.2) is 35.9 Å². The molecule has 0 aliphatic heterocycles. The number of amides is 2. The lowest BCUT2D eigenvalue weighted by Crippen LogP contribution is -2.43. The van der Waals surface area contributed by atoms with Gasteiger partial charge in [-0.3, -0.25) is 24.6 Å². The van der Waals surface area contributed by atoms with E-state index in [9.17, 15) is 18.4 Å². The van der Waals surface area contributed by atoms with Gasteiger partial charge < -0.3 is 5.73 Å². The van der Waals surface area contributed by atoms with E-state index in [2.05, 4.69) is 15.9 Å². The number of rotatable bonds is 7. The Bertz CT molecular complexity index is 1160. The number of nitrogen functional groups attached to an aromatic ring is 1. The Labute approximate surface area is 189 Å².